The monoisotopic (exact) mass is 377 g/mol. The first-order chi connectivity index (χ1) is 13.5. The number of pyridine rings is 1. The van der Waals surface area contributed by atoms with Crippen molar-refractivity contribution < 1.29 is 9.53 Å². The minimum Gasteiger partial charge on any atom is -0.447 e. The molecule has 2 unspecified atom stereocenters. The number of nitrogens with zero attached hydrogens (tertiary/aromatic N) is 4. The molecule has 3 aromatic rings. The van der Waals surface area contributed by atoms with Crippen LogP contribution in [0.1, 0.15) is 32.4 Å². The molecule has 4 rings (SSSR count). The number of amides is 1. The number of anilines is 2. The standard InChI is InChI=1S/C21H23N5O2/c1-13(2)18-12-28-21(27)26(18)19-8-10-23-20(25-19)24-14(3)16-7-6-15-5-4-9-22-17(15)11-16/h4-11,13-14,18H,12H2,1-3H3,(H,23,24,25). The molecule has 3 heterocycles. The fraction of sp³-hybridized carbons (Fsp3) is 0.333. The second-order valence-electron chi connectivity index (χ2n) is 7.32. The van der Waals surface area contributed by atoms with E-state index in [1.165, 1.54) is 0 Å². The topological polar surface area (TPSA) is 80.2 Å². The van der Waals surface area contributed by atoms with Crippen LogP contribution in [-0.2, 0) is 4.74 Å². The molecular formula is C21H23N5O2. The van der Waals surface area contributed by atoms with Crippen LogP contribution in [0.2, 0.25) is 0 Å². The molecule has 7 nitrogen and oxygen atoms in total. The van der Waals surface area contributed by atoms with Crippen molar-refractivity contribution >= 4 is 28.8 Å². The fourth-order valence-corrected chi connectivity index (χ4v) is 3.37. The number of fused-ring (bicyclic) bond motifs is 1. The molecule has 1 saturated heterocycles. The van der Waals surface area contributed by atoms with Crippen molar-refractivity contribution in [2.24, 2.45) is 5.92 Å². The summed E-state index contributed by atoms with van der Waals surface area (Å²) in [5.41, 5.74) is 2.03. The SMILES string of the molecule is CC(Nc1nccc(N2C(=O)OCC2C(C)C)n1)c1ccc2cccnc2c1. The zero-order valence-corrected chi connectivity index (χ0v) is 16.2. The van der Waals surface area contributed by atoms with Crippen LogP contribution in [0.3, 0.4) is 0 Å². The van der Waals surface area contributed by atoms with Gasteiger partial charge >= 0.3 is 6.09 Å². The normalized spacial score (nSPS) is 17.8. The number of hydrogen-bond acceptors (Lipinski definition) is 6. The average molecular weight is 377 g/mol. The average Bonchev–Trinajstić information content (AvgIpc) is 3.09. The molecular weight excluding hydrogens is 354 g/mol. The Labute approximate surface area is 163 Å². The Bertz CT molecular complexity index is 1010. The summed E-state index contributed by atoms with van der Waals surface area (Å²) in [4.78, 5) is 27.1. The van der Waals surface area contributed by atoms with Crippen molar-refractivity contribution in [3.05, 3.63) is 54.4 Å². The molecule has 0 bridgehead atoms. The van der Waals surface area contributed by atoms with Crippen LogP contribution in [-0.4, -0.2) is 33.7 Å². The molecule has 28 heavy (non-hydrogen) atoms. The van der Waals surface area contributed by atoms with Crippen LogP contribution in [0.15, 0.2) is 48.8 Å². The predicted molar refractivity (Wildman–Crippen MR) is 108 cm³/mol. The van der Waals surface area contributed by atoms with Crippen molar-refractivity contribution in [1.82, 2.24) is 15.0 Å². The molecule has 0 radical (unpaired) electrons. The van der Waals surface area contributed by atoms with E-state index in [1.807, 2.05) is 19.1 Å². The number of rotatable bonds is 5. The molecule has 144 valence electrons. The van der Waals surface area contributed by atoms with E-state index in [1.54, 1.807) is 23.4 Å². The summed E-state index contributed by atoms with van der Waals surface area (Å²) in [6.45, 7) is 6.55. The third-order valence-corrected chi connectivity index (χ3v) is 5.04. The molecule has 1 aromatic carbocycles. The molecule has 2 atom stereocenters. The lowest BCUT2D eigenvalue weighted by molar-refractivity contribution is 0.177. The molecule has 7 heteroatoms. The molecule has 1 fully saturated rings. The number of nitrogens with one attached hydrogen (secondary N) is 1. The Morgan fingerprint density at radius 2 is 2.00 bits per heavy atom. The van der Waals surface area contributed by atoms with Crippen LogP contribution in [0.4, 0.5) is 16.6 Å². The lowest BCUT2D eigenvalue weighted by Crippen LogP contribution is -2.37. The van der Waals surface area contributed by atoms with Gasteiger partial charge in [0.15, 0.2) is 0 Å². The number of benzene rings is 1. The first-order valence-electron chi connectivity index (χ1n) is 9.43. The Morgan fingerprint density at radius 3 is 2.82 bits per heavy atom. The van der Waals surface area contributed by atoms with Crippen LogP contribution in [0, 0.1) is 5.92 Å². The van der Waals surface area contributed by atoms with E-state index < -0.39 is 0 Å². The molecule has 0 saturated carbocycles. The van der Waals surface area contributed by atoms with E-state index in [2.05, 4.69) is 52.3 Å². The van der Waals surface area contributed by atoms with Gasteiger partial charge in [-0.25, -0.2) is 9.78 Å². The first-order valence-corrected chi connectivity index (χ1v) is 9.43. The van der Waals surface area contributed by atoms with Crippen LogP contribution >= 0.6 is 0 Å². The number of aromatic nitrogens is 3. The summed E-state index contributed by atoms with van der Waals surface area (Å²) < 4.78 is 5.22. The zero-order valence-electron chi connectivity index (χ0n) is 16.2. The fourth-order valence-electron chi connectivity index (χ4n) is 3.37. The second-order valence-corrected chi connectivity index (χ2v) is 7.32. The van der Waals surface area contributed by atoms with Gasteiger partial charge in [0.2, 0.25) is 5.95 Å². The van der Waals surface area contributed by atoms with Crippen LogP contribution in [0.5, 0.6) is 0 Å². The van der Waals surface area contributed by atoms with E-state index in [0.29, 0.717) is 18.4 Å². The quantitative estimate of drug-likeness (QED) is 0.718. The number of carbonyl (C=O) groups excluding carboxylic acids is 1. The summed E-state index contributed by atoms with van der Waals surface area (Å²) in [6, 6.07) is 11.8. The van der Waals surface area contributed by atoms with Gasteiger partial charge in [-0.3, -0.25) is 9.88 Å². The van der Waals surface area contributed by atoms with Gasteiger partial charge in [-0.2, -0.15) is 4.98 Å². The van der Waals surface area contributed by atoms with Crippen molar-refractivity contribution in [3.8, 4) is 0 Å². The van der Waals surface area contributed by atoms with Gasteiger partial charge in [0.05, 0.1) is 17.6 Å². The Kier molecular flexibility index (Phi) is 4.81. The number of hydrogen-bond donors (Lipinski definition) is 1. The largest absolute Gasteiger partial charge is 0.447 e. The van der Waals surface area contributed by atoms with Gasteiger partial charge in [-0.1, -0.05) is 32.0 Å². The summed E-state index contributed by atoms with van der Waals surface area (Å²) in [6.07, 6.45) is 3.08. The minimum absolute atomic E-state index is 0.0203. The molecule has 2 aromatic heterocycles. The lowest BCUT2D eigenvalue weighted by atomic mass is 10.0. The first kappa shape index (κ1) is 18.2. The number of ether oxygens (including phenoxy) is 1. The van der Waals surface area contributed by atoms with Crippen molar-refractivity contribution in [3.63, 3.8) is 0 Å². The van der Waals surface area contributed by atoms with Crippen molar-refractivity contribution in [2.75, 3.05) is 16.8 Å². The van der Waals surface area contributed by atoms with E-state index in [4.69, 9.17) is 4.74 Å². The van der Waals surface area contributed by atoms with E-state index >= 15 is 0 Å². The molecule has 0 spiro atoms. The van der Waals surface area contributed by atoms with Crippen molar-refractivity contribution in [2.45, 2.75) is 32.9 Å². The van der Waals surface area contributed by atoms with Gasteiger partial charge in [0, 0.05) is 17.8 Å². The van der Waals surface area contributed by atoms with Gasteiger partial charge in [0.25, 0.3) is 0 Å². The summed E-state index contributed by atoms with van der Waals surface area (Å²) in [7, 11) is 0. The highest BCUT2D eigenvalue weighted by Crippen LogP contribution is 2.27. The van der Waals surface area contributed by atoms with Crippen molar-refractivity contribution in [1.29, 1.82) is 0 Å². The summed E-state index contributed by atoms with van der Waals surface area (Å²) >= 11 is 0. The molecule has 0 aliphatic carbocycles. The molecule has 1 N–H and O–H groups in total. The third-order valence-electron chi connectivity index (χ3n) is 5.04. The minimum atomic E-state index is -0.364. The van der Waals surface area contributed by atoms with Gasteiger partial charge in [-0.15, -0.1) is 0 Å². The van der Waals surface area contributed by atoms with E-state index in [0.717, 1.165) is 16.5 Å². The van der Waals surface area contributed by atoms with E-state index in [-0.39, 0.29) is 24.1 Å². The molecule has 1 aliphatic heterocycles. The maximum Gasteiger partial charge on any atom is 0.415 e. The number of carbonyl (C=O) groups is 1. The maximum atomic E-state index is 12.2. The van der Waals surface area contributed by atoms with Gasteiger partial charge < -0.3 is 10.1 Å². The van der Waals surface area contributed by atoms with E-state index in [9.17, 15) is 4.79 Å². The highest BCUT2D eigenvalue weighted by Gasteiger charge is 2.37. The Hall–Kier alpha value is -3.22. The smallest absolute Gasteiger partial charge is 0.415 e. The number of cyclic esters (lactones) is 1. The van der Waals surface area contributed by atoms with Gasteiger partial charge in [0.1, 0.15) is 12.4 Å². The zero-order chi connectivity index (χ0) is 19.7. The maximum absolute atomic E-state index is 12.2. The second kappa shape index (κ2) is 7.42. The Balaban J connectivity index is 1.56. The van der Waals surface area contributed by atoms with Crippen LogP contribution < -0.4 is 10.2 Å². The molecule has 1 aliphatic rings. The lowest BCUT2D eigenvalue weighted by Gasteiger charge is -2.23. The predicted octanol–water partition coefficient (Wildman–Crippen LogP) is 4.18. The Morgan fingerprint density at radius 1 is 1.14 bits per heavy atom. The van der Waals surface area contributed by atoms with Crippen LogP contribution in [0.25, 0.3) is 10.9 Å². The highest BCUT2D eigenvalue weighted by molar-refractivity contribution is 5.89. The highest BCUT2D eigenvalue weighted by atomic mass is 16.6. The third kappa shape index (κ3) is 3.47. The molecule has 1 amide bonds. The summed E-state index contributed by atoms with van der Waals surface area (Å²) in [5.74, 6) is 1.28. The summed E-state index contributed by atoms with van der Waals surface area (Å²) in [5, 5.41) is 4.42. The van der Waals surface area contributed by atoms with Gasteiger partial charge in [-0.05, 0) is 36.6 Å².